The molecule has 3 atom stereocenters. The summed E-state index contributed by atoms with van der Waals surface area (Å²) >= 11 is 1.16. The lowest BCUT2D eigenvalue weighted by atomic mass is 9.79. The molecule has 8 nitrogen and oxygen atoms in total. The van der Waals surface area contributed by atoms with Gasteiger partial charge in [-0.3, -0.25) is 15.4 Å². The molecule has 158 valence electrons. The van der Waals surface area contributed by atoms with Gasteiger partial charge in [0, 0.05) is 29.4 Å². The van der Waals surface area contributed by atoms with E-state index in [1.165, 1.54) is 0 Å². The van der Waals surface area contributed by atoms with Crippen molar-refractivity contribution in [2.75, 3.05) is 19.0 Å². The van der Waals surface area contributed by atoms with Crippen molar-refractivity contribution in [1.82, 2.24) is 5.32 Å². The highest BCUT2D eigenvalue weighted by Crippen LogP contribution is 2.49. The van der Waals surface area contributed by atoms with E-state index >= 15 is 0 Å². The van der Waals surface area contributed by atoms with Crippen molar-refractivity contribution in [2.45, 2.75) is 38.0 Å². The molecule has 2 heterocycles. The lowest BCUT2D eigenvalue weighted by molar-refractivity contribution is -0.385. The number of carbonyl (C=O) groups excluding carboxylic acids is 1. The van der Waals surface area contributed by atoms with Gasteiger partial charge in [0.2, 0.25) is 0 Å². The summed E-state index contributed by atoms with van der Waals surface area (Å²) in [7, 11) is 0. The number of rotatable bonds is 3. The van der Waals surface area contributed by atoms with Crippen LogP contribution in [0.3, 0.4) is 0 Å². The molecular formula is C18H21F2N3O5S. The Kier molecular flexibility index (Phi) is 5.81. The molecule has 2 aliphatic rings. The number of amides is 1. The molecule has 1 fully saturated rings. The van der Waals surface area contributed by atoms with E-state index in [-0.39, 0.29) is 28.8 Å². The van der Waals surface area contributed by atoms with Crippen molar-refractivity contribution in [3.63, 3.8) is 0 Å². The average Bonchev–Trinajstić information content (AvgIpc) is 2.98. The van der Waals surface area contributed by atoms with Crippen LogP contribution in [-0.2, 0) is 15.0 Å². The van der Waals surface area contributed by atoms with Crippen LogP contribution in [0.15, 0.2) is 23.2 Å². The molecule has 0 aromatic heterocycles. The van der Waals surface area contributed by atoms with E-state index < -0.39 is 46.7 Å². The number of halogens is 2. The van der Waals surface area contributed by atoms with E-state index in [4.69, 9.17) is 9.47 Å². The fourth-order valence-corrected chi connectivity index (χ4v) is 4.62. The summed E-state index contributed by atoms with van der Waals surface area (Å²) in [5, 5.41) is 13.9. The van der Waals surface area contributed by atoms with E-state index in [9.17, 15) is 23.7 Å². The number of alkyl halides is 1. The van der Waals surface area contributed by atoms with Crippen molar-refractivity contribution >= 4 is 28.7 Å². The van der Waals surface area contributed by atoms with Crippen LogP contribution in [0.2, 0.25) is 0 Å². The van der Waals surface area contributed by atoms with Gasteiger partial charge in [0.1, 0.15) is 23.6 Å². The van der Waals surface area contributed by atoms with Crippen molar-refractivity contribution in [3.05, 3.63) is 39.7 Å². The molecule has 0 spiro atoms. The van der Waals surface area contributed by atoms with Gasteiger partial charge < -0.3 is 9.47 Å². The van der Waals surface area contributed by atoms with E-state index in [2.05, 4.69) is 10.3 Å². The van der Waals surface area contributed by atoms with Gasteiger partial charge in [0.15, 0.2) is 5.17 Å². The number of nitrogens with zero attached hydrogens (tertiary/aromatic N) is 2. The molecule has 1 amide bonds. The molecule has 0 saturated carbocycles. The summed E-state index contributed by atoms with van der Waals surface area (Å²) in [6, 6.07) is 3.13. The van der Waals surface area contributed by atoms with Gasteiger partial charge in [0.25, 0.3) is 5.69 Å². The summed E-state index contributed by atoms with van der Waals surface area (Å²) in [6.07, 6.45) is -1.56. The Morgan fingerprint density at radius 2 is 2.24 bits per heavy atom. The molecule has 3 unspecified atom stereocenters. The van der Waals surface area contributed by atoms with E-state index in [1.807, 2.05) is 0 Å². The number of nitrogens with one attached hydrogen (secondary N) is 1. The second kappa shape index (κ2) is 7.86. The minimum absolute atomic E-state index is 0.0589. The maximum Gasteiger partial charge on any atom is 0.413 e. The number of amidine groups is 1. The largest absolute Gasteiger partial charge is 0.444 e. The summed E-state index contributed by atoms with van der Waals surface area (Å²) in [5.74, 6) is -0.986. The normalized spacial score (nSPS) is 26.4. The number of thioether (sulfide) groups is 1. The summed E-state index contributed by atoms with van der Waals surface area (Å²) in [5.41, 5.74) is -2.49. The Morgan fingerprint density at radius 1 is 1.52 bits per heavy atom. The zero-order valence-corrected chi connectivity index (χ0v) is 16.9. The number of carbonyl (C=O) groups is 1. The van der Waals surface area contributed by atoms with E-state index in [0.29, 0.717) is 0 Å². The van der Waals surface area contributed by atoms with Crippen LogP contribution in [0.25, 0.3) is 0 Å². The van der Waals surface area contributed by atoms with Gasteiger partial charge in [-0.25, -0.2) is 18.6 Å². The van der Waals surface area contributed by atoms with Crippen LogP contribution >= 0.6 is 11.8 Å². The Balaban J connectivity index is 2.02. The summed E-state index contributed by atoms with van der Waals surface area (Å²) in [4.78, 5) is 27.1. The first-order chi connectivity index (χ1) is 13.6. The molecular weight excluding hydrogens is 408 g/mol. The second-order valence-corrected chi connectivity index (χ2v) is 8.82. The molecule has 3 rings (SSSR count). The van der Waals surface area contributed by atoms with Crippen LogP contribution in [0.5, 0.6) is 0 Å². The quantitative estimate of drug-likeness (QED) is 0.582. The fourth-order valence-electron chi connectivity index (χ4n) is 3.41. The Hall–Kier alpha value is -2.27. The average molecular weight is 429 g/mol. The summed E-state index contributed by atoms with van der Waals surface area (Å²) < 4.78 is 38.9. The predicted octanol–water partition coefficient (Wildman–Crippen LogP) is 3.54. The molecule has 29 heavy (non-hydrogen) atoms. The number of alkyl carbamates (subject to hydrolysis) is 1. The van der Waals surface area contributed by atoms with Crippen LogP contribution < -0.4 is 5.32 Å². The van der Waals surface area contributed by atoms with Crippen molar-refractivity contribution in [1.29, 1.82) is 0 Å². The van der Waals surface area contributed by atoms with Crippen LogP contribution in [0, 0.1) is 21.8 Å². The molecule has 0 radical (unpaired) electrons. The van der Waals surface area contributed by atoms with Gasteiger partial charge >= 0.3 is 6.09 Å². The van der Waals surface area contributed by atoms with Crippen LogP contribution in [0.4, 0.5) is 19.3 Å². The fraction of sp³-hybridized carbons (Fsp3) is 0.556. The minimum Gasteiger partial charge on any atom is -0.444 e. The molecule has 1 aromatic rings. The number of ether oxygens (including phenoxy) is 2. The van der Waals surface area contributed by atoms with Gasteiger partial charge in [-0.2, -0.15) is 0 Å². The predicted molar refractivity (Wildman–Crippen MR) is 103 cm³/mol. The van der Waals surface area contributed by atoms with Crippen molar-refractivity contribution in [3.8, 4) is 0 Å². The maximum absolute atomic E-state index is 14.7. The smallest absolute Gasteiger partial charge is 0.413 e. The standard InChI is InChI=1S/C18H21F2N3O5S/c1-17(2,3)28-16(24)21-15-22-18(9-27-14(7-19)12(18)8-29-15)11-6-10(23(25)26)4-5-13(11)20/h4-6,12,14H,7-9H2,1-3H3,(H,21,22,24). The van der Waals surface area contributed by atoms with Crippen LogP contribution in [-0.4, -0.2) is 46.9 Å². The Morgan fingerprint density at radius 3 is 2.86 bits per heavy atom. The number of hydrogen-bond donors (Lipinski definition) is 1. The number of nitro benzene ring substituents is 1. The second-order valence-electron chi connectivity index (χ2n) is 7.81. The van der Waals surface area contributed by atoms with E-state index in [1.54, 1.807) is 20.8 Å². The molecule has 11 heteroatoms. The Labute approximate surface area is 170 Å². The Bertz CT molecular complexity index is 860. The lowest BCUT2D eigenvalue weighted by Gasteiger charge is -2.36. The van der Waals surface area contributed by atoms with Gasteiger partial charge in [0.05, 0.1) is 17.6 Å². The van der Waals surface area contributed by atoms with Crippen molar-refractivity contribution < 1.29 is 28.0 Å². The third-order valence-corrected chi connectivity index (χ3v) is 5.66. The number of fused-ring (bicyclic) bond motifs is 1. The van der Waals surface area contributed by atoms with Gasteiger partial charge in [-0.05, 0) is 26.8 Å². The zero-order valence-electron chi connectivity index (χ0n) is 16.1. The van der Waals surface area contributed by atoms with Gasteiger partial charge in [-0.1, -0.05) is 11.8 Å². The molecule has 1 N–H and O–H groups in total. The number of hydrogen-bond acceptors (Lipinski definition) is 7. The van der Waals surface area contributed by atoms with Crippen LogP contribution in [0.1, 0.15) is 26.3 Å². The molecule has 1 saturated heterocycles. The maximum atomic E-state index is 14.7. The zero-order chi connectivity index (χ0) is 21.4. The first-order valence-electron chi connectivity index (χ1n) is 8.90. The molecule has 0 bridgehead atoms. The highest BCUT2D eigenvalue weighted by Gasteiger charge is 2.54. The first-order valence-corrected chi connectivity index (χ1v) is 9.89. The minimum atomic E-state index is -1.39. The van der Waals surface area contributed by atoms with E-state index in [0.717, 1.165) is 30.0 Å². The molecule has 1 aromatic carbocycles. The monoisotopic (exact) mass is 429 g/mol. The van der Waals surface area contributed by atoms with Crippen molar-refractivity contribution in [2.24, 2.45) is 10.9 Å². The third kappa shape index (κ3) is 4.35. The first kappa shape index (κ1) is 21.4. The lowest BCUT2D eigenvalue weighted by Crippen LogP contribution is -2.45. The number of non-ortho nitro benzene ring substituents is 1. The number of nitro groups is 1. The molecule has 2 aliphatic heterocycles. The summed E-state index contributed by atoms with van der Waals surface area (Å²) in [6.45, 7) is 4.15. The molecule has 0 aliphatic carbocycles. The third-order valence-electron chi connectivity index (χ3n) is 4.67. The number of benzene rings is 1. The topological polar surface area (TPSA) is 103 Å². The highest BCUT2D eigenvalue weighted by molar-refractivity contribution is 8.13. The van der Waals surface area contributed by atoms with Gasteiger partial charge in [-0.15, -0.1) is 0 Å². The SMILES string of the molecule is CC(C)(C)OC(=O)NC1=NC2(c3cc([N+](=O)[O-])ccc3F)COC(CF)C2CS1. The number of aliphatic imine (C=N–C) groups is 1. The highest BCUT2D eigenvalue weighted by atomic mass is 32.2.